The number of nitrogens with two attached hydrogens (primary N) is 1. The molecule has 0 amide bonds. The third kappa shape index (κ3) is 4.03. The van der Waals surface area contributed by atoms with Crippen LogP contribution in [0.2, 0.25) is 0 Å². The predicted molar refractivity (Wildman–Crippen MR) is 66.8 cm³/mol. The number of aromatic nitrogens is 3. The summed E-state index contributed by atoms with van der Waals surface area (Å²) in [6.45, 7) is 8.56. The Bertz CT molecular complexity index is 368. The maximum Gasteiger partial charge on any atom is 0.323 e. The molecule has 0 aliphatic rings. The molecule has 0 atom stereocenters. The summed E-state index contributed by atoms with van der Waals surface area (Å²) in [5, 5.41) is 3.20. The van der Waals surface area contributed by atoms with Gasteiger partial charge in [0.1, 0.15) is 0 Å². The second-order valence-electron chi connectivity index (χ2n) is 4.20. The van der Waals surface area contributed by atoms with Gasteiger partial charge in [-0.15, -0.1) is 0 Å². The minimum Gasteiger partial charge on any atom is -0.464 e. The van der Waals surface area contributed by atoms with E-state index in [2.05, 4.69) is 46.5 Å². The first-order valence-electron chi connectivity index (χ1n) is 5.64. The van der Waals surface area contributed by atoms with Crippen molar-refractivity contribution < 1.29 is 4.74 Å². The van der Waals surface area contributed by atoms with Crippen molar-refractivity contribution in [3.05, 3.63) is 0 Å². The van der Waals surface area contributed by atoms with Crippen molar-refractivity contribution in [1.29, 1.82) is 0 Å². The molecule has 0 saturated carbocycles. The average molecular weight is 240 g/mol. The molecule has 96 valence electrons. The van der Waals surface area contributed by atoms with Crippen LogP contribution in [0.1, 0.15) is 34.1 Å². The molecule has 17 heavy (non-hydrogen) atoms. The van der Waals surface area contributed by atoms with Gasteiger partial charge in [0.2, 0.25) is 11.9 Å². The molecule has 0 bridgehead atoms. The molecular formula is C10H20N6O. The molecule has 4 N–H and O–H groups in total. The van der Waals surface area contributed by atoms with Crippen molar-refractivity contribution in [1.82, 2.24) is 15.0 Å². The minimum absolute atomic E-state index is 0.100. The Morgan fingerprint density at radius 1 is 1.18 bits per heavy atom. The smallest absolute Gasteiger partial charge is 0.323 e. The Hall–Kier alpha value is -1.63. The summed E-state index contributed by atoms with van der Waals surface area (Å²) in [7, 11) is 0. The maximum atomic E-state index is 5.29. The van der Waals surface area contributed by atoms with E-state index in [9.17, 15) is 0 Å². The van der Waals surface area contributed by atoms with E-state index in [4.69, 9.17) is 10.6 Å². The molecule has 1 aromatic rings. The fourth-order valence-electron chi connectivity index (χ4n) is 1.06. The highest BCUT2D eigenvalue weighted by atomic mass is 16.5. The molecule has 0 radical (unpaired) electrons. The lowest BCUT2D eigenvalue weighted by atomic mass is 10.0. The molecule has 0 aliphatic heterocycles. The van der Waals surface area contributed by atoms with Crippen molar-refractivity contribution in [2.45, 2.75) is 39.7 Å². The van der Waals surface area contributed by atoms with Gasteiger partial charge in [-0.25, -0.2) is 5.84 Å². The summed E-state index contributed by atoms with van der Waals surface area (Å²) in [5.74, 6) is 6.02. The Balaban J connectivity index is 2.94. The number of ether oxygens (including phenoxy) is 1. The minimum atomic E-state index is -0.100. The van der Waals surface area contributed by atoms with E-state index >= 15 is 0 Å². The number of anilines is 2. The lowest BCUT2D eigenvalue weighted by Gasteiger charge is -2.24. The van der Waals surface area contributed by atoms with Gasteiger partial charge in [-0.3, -0.25) is 5.43 Å². The van der Waals surface area contributed by atoms with Gasteiger partial charge in [-0.05, 0) is 27.2 Å². The van der Waals surface area contributed by atoms with Crippen LogP contribution < -0.4 is 21.3 Å². The van der Waals surface area contributed by atoms with Gasteiger partial charge in [-0.1, -0.05) is 6.92 Å². The van der Waals surface area contributed by atoms with Crippen molar-refractivity contribution in [2.24, 2.45) is 5.84 Å². The van der Waals surface area contributed by atoms with Crippen molar-refractivity contribution in [3.63, 3.8) is 0 Å². The lowest BCUT2D eigenvalue weighted by Crippen LogP contribution is -2.31. The van der Waals surface area contributed by atoms with Gasteiger partial charge in [-0.2, -0.15) is 15.0 Å². The molecule has 1 aromatic heterocycles. The van der Waals surface area contributed by atoms with E-state index in [1.165, 1.54) is 0 Å². The second-order valence-corrected chi connectivity index (χ2v) is 4.20. The fourth-order valence-corrected chi connectivity index (χ4v) is 1.06. The molecular weight excluding hydrogens is 220 g/mol. The number of hydrogen-bond acceptors (Lipinski definition) is 7. The highest BCUT2D eigenvalue weighted by Crippen LogP contribution is 2.17. The van der Waals surface area contributed by atoms with Crippen LogP contribution >= 0.6 is 0 Å². The molecule has 0 spiro atoms. The number of nitrogen functional groups attached to an aromatic ring is 1. The van der Waals surface area contributed by atoms with E-state index < -0.39 is 0 Å². The summed E-state index contributed by atoms with van der Waals surface area (Å²) in [4.78, 5) is 12.2. The van der Waals surface area contributed by atoms with Gasteiger partial charge >= 0.3 is 6.01 Å². The van der Waals surface area contributed by atoms with Gasteiger partial charge < -0.3 is 10.1 Å². The zero-order valence-electron chi connectivity index (χ0n) is 10.7. The quantitative estimate of drug-likeness (QED) is 0.507. The first kappa shape index (κ1) is 13.4. The molecule has 0 unspecified atom stereocenters. The molecule has 1 heterocycles. The first-order valence-corrected chi connectivity index (χ1v) is 5.64. The maximum absolute atomic E-state index is 5.29. The van der Waals surface area contributed by atoms with Crippen molar-refractivity contribution in [3.8, 4) is 6.01 Å². The Labute approximate surface area is 101 Å². The first-order chi connectivity index (χ1) is 8.00. The zero-order valence-corrected chi connectivity index (χ0v) is 10.7. The SMILES string of the molecule is CCOc1nc(NN)nc(NC(C)(C)CC)n1. The third-order valence-corrected chi connectivity index (χ3v) is 2.35. The van der Waals surface area contributed by atoms with Gasteiger partial charge in [0, 0.05) is 5.54 Å². The van der Waals surface area contributed by atoms with Crippen LogP contribution in [0.3, 0.4) is 0 Å². The van der Waals surface area contributed by atoms with Crippen molar-refractivity contribution >= 4 is 11.9 Å². The molecule has 7 heteroatoms. The highest BCUT2D eigenvalue weighted by molar-refractivity contribution is 5.36. The largest absolute Gasteiger partial charge is 0.464 e. The van der Waals surface area contributed by atoms with E-state index in [0.29, 0.717) is 12.6 Å². The average Bonchev–Trinajstić information content (AvgIpc) is 2.28. The van der Waals surface area contributed by atoms with Gasteiger partial charge in [0.05, 0.1) is 6.61 Å². The Morgan fingerprint density at radius 2 is 1.82 bits per heavy atom. The third-order valence-electron chi connectivity index (χ3n) is 2.35. The molecule has 1 rings (SSSR count). The van der Waals surface area contributed by atoms with Crippen LogP contribution in [0.5, 0.6) is 6.01 Å². The topological polar surface area (TPSA) is 98.0 Å². The second kappa shape index (κ2) is 5.62. The van der Waals surface area contributed by atoms with E-state index in [0.717, 1.165) is 6.42 Å². The number of hydrogen-bond donors (Lipinski definition) is 3. The number of nitrogens with one attached hydrogen (secondary N) is 2. The highest BCUT2D eigenvalue weighted by Gasteiger charge is 2.17. The lowest BCUT2D eigenvalue weighted by molar-refractivity contribution is 0.312. The standard InChI is InChI=1S/C10H20N6O/c1-5-10(3,4)15-7-12-8(16-11)14-9(13-7)17-6-2/h5-6,11H2,1-4H3,(H2,12,13,14,15,16). The van der Waals surface area contributed by atoms with Gasteiger partial charge in [0.25, 0.3) is 0 Å². The van der Waals surface area contributed by atoms with E-state index in [1.54, 1.807) is 0 Å². The van der Waals surface area contributed by atoms with Gasteiger partial charge in [0.15, 0.2) is 0 Å². The van der Waals surface area contributed by atoms with Crippen LogP contribution in [0.15, 0.2) is 0 Å². The van der Waals surface area contributed by atoms with Crippen LogP contribution in [-0.4, -0.2) is 27.1 Å². The van der Waals surface area contributed by atoms with Crippen LogP contribution in [0.25, 0.3) is 0 Å². The summed E-state index contributed by atoms with van der Waals surface area (Å²) >= 11 is 0. The van der Waals surface area contributed by atoms with Crippen LogP contribution in [0, 0.1) is 0 Å². The summed E-state index contributed by atoms with van der Waals surface area (Å²) in [5.41, 5.74) is 2.29. The summed E-state index contributed by atoms with van der Waals surface area (Å²) in [6, 6.07) is 0.254. The zero-order chi connectivity index (χ0) is 12.9. The number of rotatable bonds is 6. The number of hydrazine groups is 1. The molecule has 0 aliphatic carbocycles. The molecule has 0 saturated heterocycles. The predicted octanol–water partition coefficient (Wildman–Crippen LogP) is 1.16. The monoisotopic (exact) mass is 240 g/mol. The van der Waals surface area contributed by atoms with Crippen molar-refractivity contribution in [2.75, 3.05) is 17.3 Å². The Morgan fingerprint density at radius 3 is 2.35 bits per heavy atom. The number of nitrogens with zero attached hydrogens (tertiary/aromatic N) is 3. The van der Waals surface area contributed by atoms with Crippen LogP contribution in [-0.2, 0) is 0 Å². The van der Waals surface area contributed by atoms with E-state index in [1.807, 2.05) is 6.92 Å². The molecule has 0 fully saturated rings. The van der Waals surface area contributed by atoms with E-state index in [-0.39, 0.29) is 17.5 Å². The summed E-state index contributed by atoms with van der Waals surface area (Å²) in [6.07, 6.45) is 0.939. The van der Waals surface area contributed by atoms with Crippen LogP contribution in [0.4, 0.5) is 11.9 Å². The summed E-state index contributed by atoms with van der Waals surface area (Å²) < 4.78 is 5.24. The Kier molecular flexibility index (Phi) is 4.45. The molecule has 7 nitrogen and oxygen atoms in total. The normalized spacial score (nSPS) is 11.1. The molecule has 0 aromatic carbocycles. The fraction of sp³-hybridized carbons (Fsp3) is 0.700.